The highest BCUT2D eigenvalue weighted by molar-refractivity contribution is 5.89. The molecule has 5 N–H and O–H groups in total. The van der Waals surface area contributed by atoms with Gasteiger partial charge in [-0.2, -0.15) is 26.3 Å². The Balaban J connectivity index is 0.000000492. The van der Waals surface area contributed by atoms with Crippen molar-refractivity contribution in [2.75, 3.05) is 56.4 Å². The summed E-state index contributed by atoms with van der Waals surface area (Å²) in [5.74, 6) is -2.29. The molecule has 0 radical (unpaired) electrons. The van der Waals surface area contributed by atoms with E-state index in [1.165, 1.54) is 19.2 Å². The summed E-state index contributed by atoms with van der Waals surface area (Å²) in [4.78, 5) is 44.7. The smallest absolute Gasteiger partial charge is 0.416 e. The van der Waals surface area contributed by atoms with E-state index < -0.39 is 53.1 Å². The van der Waals surface area contributed by atoms with Crippen LogP contribution in [0.3, 0.4) is 0 Å². The van der Waals surface area contributed by atoms with Crippen LogP contribution in [-0.2, 0) is 37.8 Å². The van der Waals surface area contributed by atoms with E-state index in [1.54, 1.807) is 19.2 Å². The zero-order chi connectivity index (χ0) is 42.8. The third-order valence-electron chi connectivity index (χ3n) is 9.56. The number of carboxylic acid groups (broad SMARTS) is 3. The van der Waals surface area contributed by atoms with Crippen LogP contribution in [0.25, 0.3) is 0 Å². The van der Waals surface area contributed by atoms with Gasteiger partial charge in [0.2, 0.25) is 5.88 Å². The van der Waals surface area contributed by atoms with Crippen LogP contribution in [0.4, 0.5) is 42.5 Å². The molecule has 2 atom stereocenters. The van der Waals surface area contributed by atoms with Gasteiger partial charge in [-0.15, -0.1) is 0 Å². The lowest BCUT2D eigenvalue weighted by Crippen LogP contribution is -2.61. The number of rotatable bonds is 14. The third-order valence-corrected chi connectivity index (χ3v) is 9.56. The Hall–Kier alpha value is -5.21. The second-order valence-corrected chi connectivity index (χ2v) is 13.6. The van der Waals surface area contributed by atoms with Crippen LogP contribution < -0.4 is 20.3 Å². The summed E-state index contributed by atoms with van der Waals surface area (Å²) in [6, 6.07) is 6.15. The molecule has 14 nitrogen and oxygen atoms in total. The van der Waals surface area contributed by atoms with Gasteiger partial charge in [-0.25, -0.2) is 9.78 Å². The van der Waals surface area contributed by atoms with Gasteiger partial charge in [-0.1, -0.05) is 6.92 Å². The number of hydrogen-bond donors (Lipinski definition) is 4. The maximum Gasteiger partial charge on any atom is 0.416 e. The molecule has 1 fully saturated rings. The van der Waals surface area contributed by atoms with Gasteiger partial charge in [0.1, 0.15) is 5.66 Å². The standard InChI is InChI=1S/C30H31F6N5O4.C8H14O5/c1-3-28(37)15-22(26-23(41(28)27(42)43)4-5-24(39-26)44-2)25-18(13-21(16-38-25)40-6-8-45-9-7-40)10-17-11-19(29(31,32)33)14-20(12-17)30(34,35)36;9-7(10)3-1-5-13-6-2-4-8(11)12/h4-5,11-14,16,22H,3,6-10,15,37H2,1-2H3,(H,42,43);1-6H2,(H,9,10)(H,11,12)/t22-,28+;/m0./s1. The fraction of sp³-hybridized carbons (Fsp3) is 0.500. The van der Waals surface area contributed by atoms with Crippen LogP contribution in [0.1, 0.15) is 85.0 Å². The monoisotopic (exact) mass is 829 g/mol. The van der Waals surface area contributed by atoms with Crippen LogP contribution in [0.5, 0.6) is 5.88 Å². The van der Waals surface area contributed by atoms with E-state index in [0.29, 0.717) is 81.4 Å². The maximum atomic E-state index is 13.7. The highest BCUT2D eigenvalue weighted by Gasteiger charge is 2.47. The zero-order valence-corrected chi connectivity index (χ0v) is 31.7. The Labute approximate surface area is 329 Å². The summed E-state index contributed by atoms with van der Waals surface area (Å²) in [6.45, 7) is 4.34. The molecule has 318 valence electrons. The third kappa shape index (κ3) is 11.9. The molecule has 20 heteroatoms. The Bertz CT molecular complexity index is 1860. The average molecular weight is 830 g/mol. The number of amides is 1. The number of methoxy groups -OCH3 is 1. The molecular weight excluding hydrogens is 784 g/mol. The lowest BCUT2D eigenvalue weighted by molar-refractivity contribution is -0.143. The van der Waals surface area contributed by atoms with Crippen molar-refractivity contribution in [1.82, 2.24) is 9.97 Å². The number of halogens is 6. The molecule has 3 aromatic rings. The summed E-state index contributed by atoms with van der Waals surface area (Å²) in [6.07, 6.45) is -8.80. The Morgan fingerprint density at radius 2 is 1.50 bits per heavy atom. The first kappa shape index (κ1) is 45.5. The predicted octanol–water partition coefficient (Wildman–Crippen LogP) is 6.77. The molecule has 4 heterocycles. The van der Waals surface area contributed by atoms with Crippen LogP contribution in [0.15, 0.2) is 42.6 Å². The van der Waals surface area contributed by atoms with E-state index in [0.717, 1.165) is 4.90 Å². The second kappa shape index (κ2) is 19.5. The Morgan fingerprint density at radius 1 is 0.914 bits per heavy atom. The average Bonchev–Trinajstić information content (AvgIpc) is 3.16. The molecule has 1 amide bonds. The molecule has 0 spiro atoms. The van der Waals surface area contributed by atoms with Crippen molar-refractivity contribution in [1.29, 1.82) is 0 Å². The van der Waals surface area contributed by atoms with E-state index in [-0.39, 0.29) is 61.0 Å². The minimum absolute atomic E-state index is 0.0176. The van der Waals surface area contributed by atoms with Crippen LogP contribution >= 0.6 is 0 Å². The van der Waals surface area contributed by atoms with Gasteiger partial charge in [-0.05, 0) is 73.6 Å². The van der Waals surface area contributed by atoms with Gasteiger partial charge >= 0.3 is 30.4 Å². The number of hydrogen-bond acceptors (Lipinski definition) is 10. The summed E-state index contributed by atoms with van der Waals surface area (Å²) in [5, 5.41) is 26.6. The van der Waals surface area contributed by atoms with Crippen molar-refractivity contribution < 1.29 is 70.3 Å². The molecule has 0 aliphatic carbocycles. The summed E-state index contributed by atoms with van der Waals surface area (Å²) in [5.41, 5.74) is 3.85. The van der Waals surface area contributed by atoms with Crippen molar-refractivity contribution in [3.8, 4) is 5.88 Å². The molecule has 58 heavy (non-hydrogen) atoms. The van der Waals surface area contributed by atoms with Crippen molar-refractivity contribution in [3.63, 3.8) is 0 Å². The highest BCUT2D eigenvalue weighted by atomic mass is 19.4. The highest BCUT2D eigenvalue weighted by Crippen LogP contribution is 2.47. The van der Waals surface area contributed by atoms with Gasteiger partial charge in [-0.3, -0.25) is 19.5 Å². The number of nitrogens with zero attached hydrogens (tertiary/aromatic N) is 4. The number of alkyl halides is 6. The van der Waals surface area contributed by atoms with Gasteiger partial charge in [0.05, 0.1) is 60.4 Å². The van der Waals surface area contributed by atoms with Gasteiger partial charge < -0.3 is 40.2 Å². The van der Waals surface area contributed by atoms with Gasteiger partial charge in [0, 0.05) is 51.1 Å². The van der Waals surface area contributed by atoms with Crippen molar-refractivity contribution >= 4 is 29.4 Å². The number of aliphatic carboxylic acids is 2. The first-order valence-corrected chi connectivity index (χ1v) is 18.3. The topological polar surface area (TPSA) is 198 Å². The molecule has 0 saturated carbocycles. The number of ether oxygens (including phenoxy) is 3. The van der Waals surface area contributed by atoms with Crippen molar-refractivity contribution in [2.45, 2.75) is 75.8 Å². The predicted molar refractivity (Wildman–Crippen MR) is 196 cm³/mol. The number of benzene rings is 1. The number of morpholine rings is 1. The van der Waals surface area contributed by atoms with Crippen molar-refractivity contribution in [2.24, 2.45) is 5.73 Å². The minimum atomic E-state index is -5.02. The Kier molecular flexibility index (Phi) is 15.3. The number of fused-ring (bicyclic) bond motifs is 1. The number of pyridine rings is 2. The van der Waals surface area contributed by atoms with E-state index in [4.69, 9.17) is 35.1 Å². The first-order chi connectivity index (χ1) is 27.3. The summed E-state index contributed by atoms with van der Waals surface area (Å²) >= 11 is 0. The number of anilines is 2. The molecule has 2 aliphatic heterocycles. The maximum absolute atomic E-state index is 13.7. The van der Waals surface area contributed by atoms with Crippen LogP contribution in [0, 0.1) is 0 Å². The number of carbonyl (C=O) groups is 3. The van der Waals surface area contributed by atoms with E-state index in [9.17, 15) is 45.8 Å². The molecule has 5 rings (SSSR count). The zero-order valence-electron chi connectivity index (χ0n) is 31.7. The molecule has 1 aromatic carbocycles. The lowest BCUT2D eigenvalue weighted by Gasteiger charge is -2.45. The van der Waals surface area contributed by atoms with E-state index >= 15 is 0 Å². The molecule has 0 bridgehead atoms. The van der Waals surface area contributed by atoms with Crippen LogP contribution in [0.2, 0.25) is 0 Å². The molecular formula is C38H45F6N5O9. The van der Waals surface area contributed by atoms with Crippen molar-refractivity contribution in [3.05, 3.63) is 76.2 Å². The second-order valence-electron chi connectivity index (χ2n) is 13.6. The fourth-order valence-electron chi connectivity index (χ4n) is 6.66. The normalized spacial score (nSPS) is 18.2. The van der Waals surface area contributed by atoms with E-state index in [1.807, 2.05) is 4.90 Å². The summed E-state index contributed by atoms with van der Waals surface area (Å²) < 4.78 is 98.1. The van der Waals surface area contributed by atoms with E-state index in [2.05, 4.69) is 4.98 Å². The van der Waals surface area contributed by atoms with Gasteiger partial charge in [0.25, 0.3) is 0 Å². The lowest BCUT2D eigenvalue weighted by atomic mass is 9.80. The number of aromatic nitrogens is 2. The SMILES string of the molecule is CC[C@]1(N)C[C@@H](c2ncc(N3CCOCC3)cc2Cc2cc(C(F)(F)F)cc(C(F)(F)F)c2)c2nc(OC)ccc2N1C(=O)O.O=C(O)CCCOCCCC(=O)O. The quantitative estimate of drug-likeness (QED) is 0.0982. The minimum Gasteiger partial charge on any atom is -0.481 e. The molecule has 0 unspecified atom stereocenters. The fourth-order valence-corrected chi connectivity index (χ4v) is 6.66. The Morgan fingerprint density at radius 3 is 2.00 bits per heavy atom. The van der Waals surface area contributed by atoms with Crippen LogP contribution in [-0.4, -0.2) is 95.6 Å². The number of nitrogens with two attached hydrogens (primary N) is 1. The molecule has 1 saturated heterocycles. The number of carboxylic acids is 2. The first-order valence-electron chi connectivity index (χ1n) is 18.3. The molecule has 2 aromatic heterocycles. The largest absolute Gasteiger partial charge is 0.481 e. The molecule has 2 aliphatic rings. The van der Waals surface area contributed by atoms with Gasteiger partial charge in [0.15, 0.2) is 0 Å². The summed E-state index contributed by atoms with van der Waals surface area (Å²) in [7, 11) is 1.38.